The molecule has 0 saturated heterocycles. The molecule has 2 aromatic rings. The summed E-state index contributed by atoms with van der Waals surface area (Å²) in [4.78, 5) is 27.5. The quantitative estimate of drug-likeness (QED) is 0.432. The molecular weight excluding hydrogens is 330 g/mol. The van der Waals surface area contributed by atoms with Gasteiger partial charge in [0.25, 0.3) is 0 Å². The molecule has 0 aliphatic rings. The predicted molar refractivity (Wildman–Crippen MR) is 74.0 cm³/mol. The molecule has 0 atom stereocenters. The maximum atomic E-state index is 11.9. The van der Waals surface area contributed by atoms with Crippen LogP contribution in [0.25, 0.3) is 5.65 Å². The molecule has 9 heteroatoms. The highest BCUT2D eigenvalue weighted by molar-refractivity contribution is 9.09. The molecule has 0 radical (unpaired) electrons. The Morgan fingerprint density at radius 1 is 1.40 bits per heavy atom. The number of unbranched alkanes of at least 4 members (excludes halogenated alkanes) is 2. The second-order valence-electron chi connectivity index (χ2n) is 4.17. The number of fused-ring (bicyclic) bond motifs is 1. The summed E-state index contributed by atoms with van der Waals surface area (Å²) < 4.78 is 7.33. The van der Waals surface area contributed by atoms with Crippen molar-refractivity contribution in [3.63, 3.8) is 0 Å². The van der Waals surface area contributed by atoms with Gasteiger partial charge in [0, 0.05) is 12.4 Å². The van der Waals surface area contributed by atoms with Gasteiger partial charge in [-0.2, -0.15) is 4.68 Å². The van der Waals surface area contributed by atoms with E-state index in [4.69, 9.17) is 4.74 Å². The Bertz CT molecular complexity index is 666. The standard InChI is InChI=1S/C11H14BrN5O3/c1-16-11(19)17-7-13-8(9(17)14-15-16)10(18)20-6-4-2-3-5-12/h7H,2-6H2,1H3. The molecule has 2 heterocycles. The minimum absolute atomic E-state index is 0.00990. The summed E-state index contributed by atoms with van der Waals surface area (Å²) in [6.07, 6.45) is 4.04. The fraction of sp³-hybridized carbons (Fsp3) is 0.545. The number of carbonyl (C=O) groups excluding carboxylic acids is 1. The third-order valence-electron chi connectivity index (χ3n) is 2.70. The lowest BCUT2D eigenvalue weighted by molar-refractivity contribution is 0.0494. The van der Waals surface area contributed by atoms with E-state index in [0.29, 0.717) is 6.61 Å². The van der Waals surface area contributed by atoms with E-state index in [1.165, 1.54) is 13.4 Å². The number of carbonyl (C=O) groups is 1. The lowest BCUT2D eigenvalue weighted by atomic mass is 10.3. The third-order valence-corrected chi connectivity index (χ3v) is 3.26. The zero-order valence-electron chi connectivity index (χ0n) is 11.0. The van der Waals surface area contributed by atoms with Crippen molar-refractivity contribution in [2.45, 2.75) is 19.3 Å². The molecule has 0 fully saturated rings. The van der Waals surface area contributed by atoms with Crippen LogP contribution in [0.1, 0.15) is 29.8 Å². The van der Waals surface area contributed by atoms with Gasteiger partial charge in [0.05, 0.1) is 6.61 Å². The average molecular weight is 344 g/mol. The van der Waals surface area contributed by atoms with E-state index >= 15 is 0 Å². The number of aryl methyl sites for hydroxylation is 1. The van der Waals surface area contributed by atoms with Gasteiger partial charge >= 0.3 is 11.7 Å². The van der Waals surface area contributed by atoms with E-state index < -0.39 is 11.7 Å². The highest BCUT2D eigenvalue weighted by atomic mass is 79.9. The van der Waals surface area contributed by atoms with Crippen molar-refractivity contribution in [1.29, 1.82) is 0 Å². The number of esters is 1. The lowest BCUT2D eigenvalue weighted by Gasteiger charge is -2.02. The highest BCUT2D eigenvalue weighted by Crippen LogP contribution is 2.06. The van der Waals surface area contributed by atoms with Gasteiger partial charge in [0.15, 0.2) is 11.3 Å². The molecule has 0 unspecified atom stereocenters. The molecule has 108 valence electrons. The Balaban J connectivity index is 2.08. The topological polar surface area (TPSA) is 91.4 Å². The molecule has 0 aliphatic heterocycles. The summed E-state index contributed by atoms with van der Waals surface area (Å²) in [6.45, 7) is 0.323. The van der Waals surface area contributed by atoms with Crippen molar-refractivity contribution in [2.75, 3.05) is 11.9 Å². The predicted octanol–water partition coefficient (Wildman–Crippen LogP) is 0.545. The Morgan fingerprint density at radius 2 is 2.20 bits per heavy atom. The summed E-state index contributed by atoms with van der Waals surface area (Å²) in [7, 11) is 1.47. The number of hydrogen-bond acceptors (Lipinski definition) is 6. The fourth-order valence-corrected chi connectivity index (χ4v) is 2.03. The number of hydrogen-bond donors (Lipinski definition) is 0. The number of rotatable bonds is 6. The minimum Gasteiger partial charge on any atom is -0.461 e. The molecule has 0 spiro atoms. The van der Waals surface area contributed by atoms with E-state index in [1.54, 1.807) is 0 Å². The van der Waals surface area contributed by atoms with E-state index in [0.717, 1.165) is 33.7 Å². The molecular formula is C11H14BrN5O3. The third kappa shape index (κ3) is 3.03. The van der Waals surface area contributed by atoms with Crippen molar-refractivity contribution in [3.05, 3.63) is 22.5 Å². The van der Waals surface area contributed by atoms with Gasteiger partial charge in [0.2, 0.25) is 0 Å². The van der Waals surface area contributed by atoms with Crippen LogP contribution in [0.2, 0.25) is 0 Å². The van der Waals surface area contributed by atoms with Crippen molar-refractivity contribution < 1.29 is 9.53 Å². The molecule has 0 N–H and O–H groups in total. The number of halogens is 1. The molecule has 0 aromatic carbocycles. The first-order valence-corrected chi connectivity index (χ1v) is 7.27. The molecule has 2 aromatic heterocycles. The van der Waals surface area contributed by atoms with Crippen LogP contribution in [-0.2, 0) is 11.8 Å². The van der Waals surface area contributed by atoms with E-state index in [2.05, 4.69) is 31.2 Å². The summed E-state index contributed by atoms with van der Waals surface area (Å²) in [5, 5.41) is 8.35. The first-order chi connectivity index (χ1) is 9.65. The average Bonchev–Trinajstić information content (AvgIpc) is 2.87. The molecule has 0 bridgehead atoms. The molecule has 8 nitrogen and oxygen atoms in total. The molecule has 2 rings (SSSR count). The lowest BCUT2D eigenvalue weighted by Crippen LogP contribution is -2.27. The summed E-state index contributed by atoms with van der Waals surface area (Å²) in [5.41, 5.74) is -0.298. The Hall–Kier alpha value is -1.77. The maximum absolute atomic E-state index is 11.9. The van der Waals surface area contributed by atoms with E-state index in [-0.39, 0.29) is 11.3 Å². The largest absolute Gasteiger partial charge is 0.461 e. The second kappa shape index (κ2) is 6.60. The first-order valence-electron chi connectivity index (χ1n) is 6.15. The van der Waals surface area contributed by atoms with Crippen LogP contribution >= 0.6 is 15.9 Å². The monoisotopic (exact) mass is 343 g/mol. The maximum Gasteiger partial charge on any atom is 0.360 e. The SMILES string of the molecule is Cn1nnc2c(C(=O)OCCCCCBr)ncn2c1=O. The fourth-order valence-electron chi connectivity index (χ4n) is 1.63. The van der Waals surface area contributed by atoms with Gasteiger partial charge in [-0.15, -0.1) is 5.10 Å². The minimum atomic E-state index is -0.589. The smallest absolute Gasteiger partial charge is 0.360 e. The van der Waals surface area contributed by atoms with Crippen molar-refractivity contribution in [2.24, 2.45) is 7.05 Å². The van der Waals surface area contributed by atoms with E-state index in [1.807, 2.05) is 0 Å². The second-order valence-corrected chi connectivity index (χ2v) is 4.96. The zero-order valence-corrected chi connectivity index (χ0v) is 12.5. The van der Waals surface area contributed by atoms with Gasteiger partial charge in [0.1, 0.15) is 6.33 Å². The number of imidazole rings is 1. The summed E-state index contributed by atoms with van der Waals surface area (Å²) in [5.74, 6) is -0.589. The van der Waals surface area contributed by atoms with Crippen LogP contribution in [0.3, 0.4) is 0 Å². The highest BCUT2D eigenvalue weighted by Gasteiger charge is 2.18. The Morgan fingerprint density at radius 3 is 2.95 bits per heavy atom. The van der Waals surface area contributed by atoms with Crippen LogP contribution in [0.15, 0.2) is 11.1 Å². The van der Waals surface area contributed by atoms with Gasteiger partial charge in [-0.3, -0.25) is 0 Å². The van der Waals surface area contributed by atoms with Crippen LogP contribution in [0.4, 0.5) is 0 Å². The van der Waals surface area contributed by atoms with E-state index in [9.17, 15) is 9.59 Å². The summed E-state index contributed by atoms with van der Waals surface area (Å²) >= 11 is 3.33. The summed E-state index contributed by atoms with van der Waals surface area (Å²) in [6, 6.07) is 0. The van der Waals surface area contributed by atoms with Crippen LogP contribution in [-0.4, -0.2) is 42.3 Å². The van der Waals surface area contributed by atoms with Gasteiger partial charge in [-0.1, -0.05) is 21.1 Å². The van der Waals surface area contributed by atoms with Crippen molar-refractivity contribution in [3.8, 4) is 0 Å². The zero-order chi connectivity index (χ0) is 14.5. The van der Waals surface area contributed by atoms with Gasteiger partial charge in [-0.05, 0) is 19.3 Å². The molecule has 0 saturated carbocycles. The number of alkyl halides is 1. The van der Waals surface area contributed by atoms with Crippen molar-refractivity contribution in [1.82, 2.24) is 24.4 Å². The molecule has 0 amide bonds. The normalized spacial score (nSPS) is 10.9. The number of aromatic nitrogens is 5. The molecule has 0 aliphatic carbocycles. The Labute approximate surface area is 122 Å². The molecule has 20 heavy (non-hydrogen) atoms. The first kappa shape index (κ1) is 14.6. The van der Waals surface area contributed by atoms with Crippen LogP contribution < -0.4 is 5.69 Å². The van der Waals surface area contributed by atoms with Crippen LogP contribution in [0, 0.1) is 0 Å². The number of nitrogens with zero attached hydrogens (tertiary/aromatic N) is 5. The van der Waals surface area contributed by atoms with Gasteiger partial charge < -0.3 is 4.74 Å². The number of ether oxygens (including phenoxy) is 1. The van der Waals surface area contributed by atoms with Crippen LogP contribution in [0.5, 0.6) is 0 Å². The van der Waals surface area contributed by atoms with Gasteiger partial charge in [-0.25, -0.2) is 19.0 Å². The van der Waals surface area contributed by atoms with Crippen molar-refractivity contribution >= 4 is 27.5 Å². The Kier molecular flexibility index (Phi) is 4.83.